The lowest BCUT2D eigenvalue weighted by Crippen LogP contribution is -2.35. The smallest absolute Gasteiger partial charge is 0.319 e. The number of carbonyl (C=O) groups excluding carboxylic acids is 2. The first-order chi connectivity index (χ1) is 12.8. The molecular weight excluding hydrogens is 457 g/mol. The SMILES string of the molecule is N#C/C(=C/c1cc(Cl)c(OCc2ccccc2Cl)c(Br)c1)C(=O)NC(N)=O. The van der Waals surface area contributed by atoms with Crippen LogP contribution in [0.4, 0.5) is 4.79 Å². The first-order valence-corrected chi connectivity index (χ1v) is 8.94. The number of amides is 3. The number of halogens is 3. The van der Waals surface area contributed by atoms with E-state index >= 15 is 0 Å². The summed E-state index contributed by atoms with van der Waals surface area (Å²) < 4.78 is 6.25. The predicted molar refractivity (Wildman–Crippen MR) is 106 cm³/mol. The van der Waals surface area contributed by atoms with Crippen molar-refractivity contribution < 1.29 is 14.3 Å². The Morgan fingerprint density at radius 3 is 2.56 bits per heavy atom. The topological polar surface area (TPSA) is 105 Å². The van der Waals surface area contributed by atoms with Crippen molar-refractivity contribution in [1.29, 1.82) is 5.26 Å². The molecule has 3 amide bonds. The average molecular weight is 469 g/mol. The first kappa shape index (κ1) is 20.8. The molecule has 0 aliphatic heterocycles. The molecule has 0 aliphatic rings. The molecule has 6 nitrogen and oxygen atoms in total. The van der Waals surface area contributed by atoms with E-state index in [0.29, 0.717) is 20.8 Å². The fourth-order valence-corrected chi connectivity index (χ4v) is 3.24. The van der Waals surface area contributed by atoms with E-state index in [1.807, 2.05) is 23.5 Å². The number of nitrogens with one attached hydrogen (secondary N) is 1. The lowest BCUT2D eigenvalue weighted by Gasteiger charge is -2.12. The molecule has 3 N–H and O–H groups in total. The van der Waals surface area contributed by atoms with Crippen molar-refractivity contribution in [1.82, 2.24) is 5.32 Å². The van der Waals surface area contributed by atoms with E-state index in [1.54, 1.807) is 18.2 Å². The Morgan fingerprint density at radius 1 is 1.26 bits per heavy atom. The maximum absolute atomic E-state index is 11.7. The lowest BCUT2D eigenvalue weighted by atomic mass is 10.1. The van der Waals surface area contributed by atoms with Gasteiger partial charge in [-0.1, -0.05) is 41.4 Å². The number of carbonyl (C=O) groups is 2. The molecule has 2 rings (SSSR count). The van der Waals surface area contributed by atoms with Gasteiger partial charge in [0.25, 0.3) is 5.91 Å². The van der Waals surface area contributed by atoms with Gasteiger partial charge in [0.2, 0.25) is 0 Å². The molecule has 0 atom stereocenters. The summed E-state index contributed by atoms with van der Waals surface area (Å²) in [5, 5.41) is 11.7. The van der Waals surface area contributed by atoms with Crippen LogP contribution in [0, 0.1) is 11.3 Å². The summed E-state index contributed by atoms with van der Waals surface area (Å²) in [6.45, 7) is 0.206. The Bertz CT molecular complexity index is 948. The molecule has 2 aromatic carbocycles. The number of hydrogen-bond donors (Lipinski definition) is 2. The number of rotatable bonds is 5. The number of ether oxygens (including phenoxy) is 1. The number of imide groups is 1. The van der Waals surface area contributed by atoms with Gasteiger partial charge in [-0.2, -0.15) is 5.26 Å². The van der Waals surface area contributed by atoms with Gasteiger partial charge in [0.05, 0.1) is 9.50 Å². The van der Waals surface area contributed by atoms with Crippen LogP contribution in [0.5, 0.6) is 5.75 Å². The van der Waals surface area contributed by atoms with E-state index in [4.69, 9.17) is 38.9 Å². The fourth-order valence-electron chi connectivity index (χ4n) is 2.06. The van der Waals surface area contributed by atoms with Crippen LogP contribution in [-0.2, 0) is 11.4 Å². The Balaban J connectivity index is 2.24. The van der Waals surface area contributed by atoms with Crippen LogP contribution < -0.4 is 15.8 Å². The highest BCUT2D eigenvalue weighted by atomic mass is 79.9. The van der Waals surface area contributed by atoms with Crippen molar-refractivity contribution in [3.63, 3.8) is 0 Å². The van der Waals surface area contributed by atoms with Crippen molar-refractivity contribution in [3.8, 4) is 11.8 Å². The molecule has 0 radical (unpaired) electrons. The molecule has 2 aromatic rings. The number of nitrogens with zero attached hydrogens (tertiary/aromatic N) is 1. The van der Waals surface area contributed by atoms with Crippen molar-refractivity contribution in [3.05, 3.63) is 67.6 Å². The van der Waals surface area contributed by atoms with E-state index in [0.717, 1.165) is 5.56 Å². The number of hydrogen-bond acceptors (Lipinski definition) is 4. The number of primary amides is 1. The van der Waals surface area contributed by atoms with Crippen molar-refractivity contribution in [2.45, 2.75) is 6.61 Å². The molecule has 0 bridgehead atoms. The monoisotopic (exact) mass is 467 g/mol. The van der Waals surface area contributed by atoms with Gasteiger partial charge in [-0.15, -0.1) is 0 Å². The summed E-state index contributed by atoms with van der Waals surface area (Å²) in [6, 6.07) is 11.0. The Hall–Kier alpha value is -2.53. The number of benzene rings is 2. The predicted octanol–water partition coefficient (Wildman–Crippen LogP) is 4.44. The van der Waals surface area contributed by atoms with Crippen molar-refractivity contribution >= 4 is 57.1 Å². The number of urea groups is 1. The van der Waals surface area contributed by atoms with Crippen LogP contribution in [0.2, 0.25) is 10.0 Å². The average Bonchev–Trinajstić information content (AvgIpc) is 2.59. The van der Waals surface area contributed by atoms with Gasteiger partial charge in [0.15, 0.2) is 5.75 Å². The maximum Gasteiger partial charge on any atom is 0.319 e. The summed E-state index contributed by atoms with van der Waals surface area (Å²) in [5.74, 6) is -0.523. The van der Waals surface area contributed by atoms with Crippen LogP contribution in [0.3, 0.4) is 0 Å². The molecule has 0 saturated carbocycles. The van der Waals surface area contributed by atoms with Crippen molar-refractivity contribution in [2.24, 2.45) is 5.73 Å². The largest absolute Gasteiger partial charge is 0.486 e. The summed E-state index contributed by atoms with van der Waals surface area (Å²) in [6.07, 6.45) is 1.27. The van der Waals surface area contributed by atoms with Crippen LogP contribution in [0.15, 0.2) is 46.4 Å². The molecule has 9 heteroatoms. The molecular formula is C18H12BrCl2N3O3. The molecule has 0 fully saturated rings. The summed E-state index contributed by atoms with van der Waals surface area (Å²) in [4.78, 5) is 22.5. The lowest BCUT2D eigenvalue weighted by molar-refractivity contribution is -0.115. The third-order valence-corrected chi connectivity index (χ3v) is 4.50. The van der Waals surface area contributed by atoms with Gasteiger partial charge < -0.3 is 10.5 Å². The molecule has 0 spiro atoms. The number of nitrogens with two attached hydrogens (primary N) is 1. The third kappa shape index (κ3) is 5.73. The van der Waals surface area contributed by atoms with E-state index in [-0.39, 0.29) is 17.2 Å². The summed E-state index contributed by atoms with van der Waals surface area (Å²) in [5.41, 5.74) is 5.82. The van der Waals surface area contributed by atoms with Gasteiger partial charge in [0, 0.05) is 10.6 Å². The third-order valence-electron chi connectivity index (χ3n) is 3.26. The van der Waals surface area contributed by atoms with E-state index < -0.39 is 11.9 Å². The standard InChI is InChI=1S/C18H12BrCl2N3O3/c19-13-6-10(5-12(8-22)17(25)24-18(23)26)7-15(21)16(13)27-9-11-3-1-2-4-14(11)20/h1-7H,9H2,(H3,23,24,25,26)/b12-5-. The Labute approximate surface area is 173 Å². The highest BCUT2D eigenvalue weighted by Gasteiger charge is 2.14. The van der Waals surface area contributed by atoms with Crippen LogP contribution >= 0.6 is 39.1 Å². The minimum absolute atomic E-state index is 0.206. The molecule has 0 saturated heterocycles. The zero-order valence-electron chi connectivity index (χ0n) is 13.6. The zero-order chi connectivity index (χ0) is 20.0. The molecule has 27 heavy (non-hydrogen) atoms. The Morgan fingerprint density at radius 2 is 1.96 bits per heavy atom. The summed E-state index contributed by atoms with van der Waals surface area (Å²) >= 11 is 15.7. The van der Waals surface area contributed by atoms with Gasteiger partial charge in [0.1, 0.15) is 18.2 Å². The molecule has 0 aromatic heterocycles. The first-order valence-electron chi connectivity index (χ1n) is 7.39. The second kappa shape index (κ2) is 9.42. The minimum Gasteiger partial charge on any atom is -0.486 e. The van der Waals surface area contributed by atoms with Gasteiger partial charge in [-0.25, -0.2) is 4.79 Å². The maximum atomic E-state index is 11.7. The normalized spacial score (nSPS) is 10.8. The molecule has 0 unspecified atom stereocenters. The van der Waals surface area contributed by atoms with Crippen LogP contribution in [0.1, 0.15) is 11.1 Å². The Kier molecular flexibility index (Phi) is 7.25. The second-order valence-electron chi connectivity index (χ2n) is 5.18. The number of nitriles is 1. The minimum atomic E-state index is -1.05. The van der Waals surface area contributed by atoms with Gasteiger partial charge in [-0.3, -0.25) is 10.1 Å². The fraction of sp³-hybridized carbons (Fsp3) is 0.0556. The highest BCUT2D eigenvalue weighted by molar-refractivity contribution is 9.10. The van der Waals surface area contributed by atoms with Gasteiger partial charge >= 0.3 is 6.03 Å². The van der Waals surface area contributed by atoms with E-state index in [9.17, 15) is 9.59 Å². The highest BCUT2D eigenvalue weighted by Crippen LogP contribution is 2.36. The van der Waals surface area contributed by atoms with Gasteiger partial charge in [-0.05, 0) is 45.8 Å². The molecule has 0 heterocycles. The molecule has 0 aliphatic carbocycles. The summed E-state index contributed by atoms with van der Waals surface area (Å²) in [7, 11) is 0. The van der Waals surface area contributed by atoms with E-state index in [1.165, 1.54) is 12.1 Å². The quantitative estimate of drug-likeness (QED) is 0.499. The zero-order valence-corrected chi connectivity index (χ0v) is 16.7. The van der Waals surface area contributed by atoms with Crippen LogP contribution in [-0.4, -0.2) is 11.9 Å². The second-order valence-corrected chi connectivity index (χ2v) is 6.85. The van der Waals surface area contributed by atoms with E-state index in [2.05, 4.69) is 15.9 Å². The van der Waals surface area contributed by atoms with Crippen molar-refractivity contribution in [2.75, 3.05) is 0 Å². The molecule has 138 valence electrons. The van der Waals surface area contributed by atoms with Crippen LogP contribution in [0.25, 0.3) is 6.08 Å².